The van der Waals surface area contributed by atoms with Crippen molar-refractivity contribution < 1.29 is 9.47 Å². The second-order valence-electron chi connectivity index (χ2n) is 5.39. The van der Waals surface area contributed by atoms with E-state index in [1.54, 1.807) is 31.4 Å². The fourth-order valence-electron chi connectivity index (χ4n) is 2.55. The second kappa shape index (κ2) is 7.93. The summed E-state index contributed by atoms with van der Waals surface area (Å²) in [6.45, 7) is 2.40. The van der Waals surface area contributed by atoms with Crippen LogP contribution in [0.3, 0.4) is 0 Å². The molecule has 0 fully saturated rings. The summed E-state index contributed by atoms with van der Waals surface area (Å²) < 4.78 is 11.7. The fraction of sp³-hybridized carbons (Fsp3) is 0.158. The van der Waals surface area contributed by atoms with Gasteiger partial charge in [0.05, 0.1) is 34.1 Å². The number of H-pyrrole nitrogens is 1. The molecule has 0 aliphatic rings. The van der Waals surface area contributed by atoms with Gasteiger partial charge in [0.25, 0.3) is 5.56 Å². The average molecular weight is 436 g/mol. The zero-order chi connectivity index (χ0) is 18.7. The van der Waals surface area contributed by atoms with Crippen molar-refractivity contribution in [2.45, 2.75) is 6.92 Å². The molecule has 0 amide bonds. The van der Waals surface area contributed by atoms with Crippen molar-refractivity contribution >= 4 is 49.5 Å². The van der Waals surface area contributed by atoms with Crippen LogP contribution in [0.2, 0.25) is 0 Å². The Bertz CT molecular complexity index is 1050. The largest absolute Gasteiger partial charge is 0.492 e. The third-order valence-electron chi connectivity index (χ3n) is 3.67. The molecule has 134 valence electrons. The van der Waals surface area contributed by atoms with Gasteiger partial charge in [-0.3, -0.25) is 4.79 Å². The Morgan fingerprint density at radius 1 is 1.35 bits per heavy atom. The summed E-state index contributed by atoms with van der Waals surface area (Å²) in [5.74, 6) is 1.51. The molecular weight excluding hydrogens is 420 g/mol. The highest BCUT2D eigenvalue weighted by atomic mass is 79.9. The van der Waals surface area contributed by atoms with E-state index in [9.17, 15) is 4.79 Å². The van der Waals surface area contributed by atoms with Crippen LogP contribution in [0.25, 0.3) is 22.0 Å². The number of para-hydroxylation sites is 1. The maximum Gasteiger partial charge on any atom is 0.259 e. The lowest BCUT2D eigenvalue weighted by Gasteiger charge is -2.12. The maximum absolute atomic E-state index is 12.2. The van der Waals surface area contributed by atoms with Gasteiger partial charge in [-0.1, -0.05) is 23.7 Å². The van der Waals surface area contributed by atoms with Crippen molar-refractivity contribution in [1.82, 2.24) is 9.97 Å². The molecule has 26 heavy (non-hydrogen) atoms. The number of methoxy groups -OCH3 is 1. The summed E-state index contributed by atoms with van der Waals surface area (Å²) >= 11 is 9.88. The monoisotopic (exact) mass is 434 g/mol. The highest BCUT2D eigenvalue weighted by Gasteiger charge is 2.12. The van der Waals surface area contributed by atoms with Crippen LogP contribution in [-0.4, -0.2) is 23.7 Å². The van der Waals surface area contributed by atoms with Gasteiger partial charge in [-0.15, -0.1) is 0 Å². The average Bonchev–Trinajstić information content (AvgIpc) is 2.62. The zero-order valence-electron chi connectivity index (χ0n) is 14.2. The molecule has 0 spiro atoms. The fourth-order valence-corrected chi connectivity index (χ4v) is 3.38. The third-order valence-corrected chi connectivity index (χ3v) is 4.55. The van der Waals surface area contributed by atoms with Crippen LogP contribution in [0.15, 0.2) is 45.7 Å². The van der Waals surface area contributed by atoms with Gasteiger partial charge in [0, 0.05) is 0 Å². The summed E-state index contributed by atoms with van der Waals surface area (Å²) in [7, 11) is 1.58. The Morgan fingerprint density at radius 2 is 2.12 bits per heavy atom. The molecule has 1 N–H and O–H groups in total. The number of hydrogen-bond donors (Lipinski definition) is 1. The molecule has 2 aromatic carbocycles. The van der Waals surface area contributed by atoms with E-state index in [-0.39, 0.29) is 5.56 Å². The minimum absolute atomic E-state index is 0.233. The van der Waals surface area contributed by atoms with Gasteiger partial charge < -0.3 is 14.5 Å². The second-order valence-corrected chi connectivity index (χ2v) is 6.65. The maximum atomic E-state index is 12.2. The molecule has 1 aromatic heterocycles. The Labute approximate surface area is 163 Å². The third kappa shape index (κ3) is 3.76. The van der Waals surface area contributed by atoms with E-state index in [1.165, 1.54) is 0 Å². The van der Waals surface area contributed by atoms with Gasteiger partial charge in [-0.2, -0.15) is 0 Å². The van der Waals surface area contributed by atoms with Crippen LogP contribution in [0.5, 0.6) is 11.5 Å². The van der Waals surface area contributed by atoms with Crippen molar-refractivity contribution in [3.05, 3.63) is 62.6 Å². The van der Waals surface area contributed by atoms with Crippen LogP contribution < -0.4 is 15.0 Å². The molecule has 0 aliphatic carbocycles. The Kier molecular flexibility index (Phi) is 5.64. The summed E-state index contributed by atoms with van der Waals surface area (Å²) in [5.41, 5.74) is 1.13. The minimum atomic E-state index is -0.233. The first kappa shape index (κ1) is 18.5. The Morgan fingerprint density at radius 3 is 2.85 bits per heavy atom. The lowest BCUT2D eigenvalue weighted by atomic mass is 10.2. The minimum Gasteiger partial charge on any atom is -0.492 e. The molecule has 0 bridgehead atoms. The van der Waals surface area contributed by atoms with Crippen LogP contribution in [-0.2, 0) is 0 Å². The van der Waals surface area contributed by atoms with E-state index in [0.717, 1.165) is 10.0 Å². The first-order valence-corrected chi connectivity index (χ1v) is 9.07. The highest BCUT2D eigenvalue weighted by Crippen LogP contribution is 2.37. The SMILES string of the molecule is CCOc1cc(/C=C(\Cl)c2nc3ccccc3c(=O)[nH]2)cc(Br)c1OC. The van der Waals surface area contributed by atoms with E-state index >= 15 is 0 Å². The molecule has 1 heterocycles. The van der Waals surface area contributed by atoms with Crippen molar-refractivity contribution in [2.75, 3.05) is 13.7 Å². The van der Waals surface area contributed by atoms with Crippen LogP contribution in [0.4, 0.5) is 0 Å². The van der Waals surface area contributed by atoms with Gasteiger partial charge in [-0.05, 0) is 58.8 Å². The van der Waals surface area contributed by atoms with Crippen LogP contribution in [0, 0.1) is 0 Å². The molecule has 0 radical (unpaired) electrons. The smallest absolute Gasteiger partial charge is 0.259 e. The molecule has 0 unspecified atom stereocenters. The molecule has 7 heteroatoms. The van der Waals surface area contributed by atoms with Gasteiger partial charge in [0.2, 0.25) is 0 Å². The van der Waals surface area contributed by atoms with Gasteiger partial charge >= 0.3 is 0 Å². The van der Waals surface area contributed by atoms with E-state index in [4.69, 9.17) is 21.1 Å². The van der Waals surface area contributed by atoms with E-state index < -0.39 is 0 Å². The number of nitrogens with one attached hydrogen (secondary N) is 1. The van der Waals surface area contributed by atoms with Crippen molar-refractivity contribution in [2.24, 2.45) is 0 Å². The quantitative estimate of drug-likeness (QED) is 0.623. The standard InChI is InChI=1S/C19H16BrClN2O3/c1-3-26-16-10-11(8-13(20)17(16)25-2)9-14(21)18-22-15-7-5-4-6-12(15)19(24)23-18/h4-10H,3H2,1-2H3,(H,22,23,24)/b14-9-. The highest BCUT2D eigenvalue weighted by molar-refractivity contribution is 9.10. The van der Waals surface area contributed by atoms with Crippen molar-refractivity contribution in [3.8, 4) is 11.5 Å². The first-order valence-electron chi connectivity index (χ1n) is 7.90. The summed E-state index contributed by atoms with van der Waals surface area (Å²) in [4.78, 5) is 19.3. The van der Waals surface area contributed by atoms with Gasteiger partial charge in [0.15, 0.2) is 17.3 Å². The van der Waals surface area contributed by atoms with E-state index in [0.29, 0.717) is 39.9 Å². The van der Waals surface area contributed by atoms with Crippen LogP contribution >= 0.6 is 27.5 Å². The Balaban J connectivity index is 2.06. The molecule has 3 rings (SSSR count). The molecule has 5 nitrogen and oxygen atoms in total. The zero-order valence-corrected chi connectivity index (χ0v) is 16.5. The number of aromatic amines is 1. The van der Waals surface area contributed by atoms with Crippen molar-refractivity contribution in [1.29, 1.82) is 0 Å². The molecule has 3 aromatic rings. The van der Waals surface area contributed by atoms with Crippen molar-refractivity contribution in [3.63, 3.8) is 0 Å². The van der Waals surface area contributed by atoms with Gasteiger partial charge in [0.1, 0.15) is 0 Å². The lowest BCUT2D eigenvalue weighted by Crippen LogP contribution is -2.10. The summed E-state index contributed by atoms with van der Waals surface area (Å²) in [5, 5.41) is 0.832. The van der Waals surface area contributed by atoms with E-state index in [1.807, 2.05) is 25.1 Å². The number of aromatic nitrogens is 2. The number of halogens is 2. The number of fused-ring (bicyclic) bond motifs is 1. The topological polar surface area (TPSA) is 64.2 Å². The molecule has 0 saturated heterocycles. The summed E-state index contributed by atoms with van der Waals surface area (Å²) in [6, 6.07) is 10.8. The predicted octanol–water partition coefficient (Wildman–Crippen LogP) is 4.83. The first-order chi connectivity index (χ1) is 12.5. The number of nitrogens with zero attached hydrogens (tertiary/aromatic N) is 1. The Hall–Kier alpha value is -2.31. The number of ether oxygens (including phenoxy) is 2. The van der Waals surface area contributed by atoms with E-state index in [2.05, 4.69) is 25.9 Å². The van der Waals surface area contributed by atoms with Gasteiger partial charge in [-0.25, -0.2) is 4.98 Å². The molecular formula is C19H16BrClN2O3. The number of hydrogen-bond acceptors (Lipinski definition) is 4. The normalized spacial score (nSPS) is 11.6. The summed E-state index contributed by atoms with van der Waals surface area (Å²) in [6.07, 6.45) is 1.71. The molecule has 0 aliphatic heterocycles. The van der Waals surface area contributed by atoms with Crippen LogP contribution in [0.1, 0.15) is 18.3 Å². The predicted molar refractivity (Wildman–Crippen MR) is 108 cm³/mol. The lowest BCUT2D eigenvalue weighted by molar-refractivity contribution is 0.310. The molecule has 0 saturated carbocycles. The molecule has 0 atom stereocenters. The number of benzene rings is 2. The number of rotatable bonds is 5.